The molecule has 1 heterocycles. The first kappa shape index (κ1) is 10.6. The van der Waals surface area contributed by atoms with E-state index in [4.69, 9.17) is 0 Å². The maximum atomic E-state index is 10.5. The van der Waals surface area contributed by atoms with Gasteiger partial charge in [-0.3, -0.25) is 4.79 Å². The lowest BCUT2D eigenvalue weighted by atomic mass is 10.1. The zero-order chi connectivity index (χ0) is 11.5. The van der Waals surface area contributed by atoms with Crippen LogP contribution in [-0.2, 0) is 6.54 Å². The smallest absolute Gasteiger partial charge is 0.169 e. The van der Waals surface area contributed by atoms with Gasteiger partial charge in [0.25, 0.3) is 0 Å². The van der Waals surface area contributed by atoms with Crippen molar-refractivity contribution in [2.24, 2.45) is 0 Å². The second-order valence-corrected chi connectivity index (χ2v) is 4.08. The molecule has 0 bridgehead atoms. The van der Waals surface area contributed by atoms with Crippen LogP contribution in [0.1, 0.15) is 27.2 Å². The van der Waals surface area contributed by atoms with E-state index in [1.807, 2.05) is 4.57 Å². The molecule has 1 aromatic carbocycles. The predicted octanol–water partition coefficient (Wildman–Crippen LogP) is 2.36. The maximum Gasteiger partial charge on any atom is 0.169 e. The van der Waals surface area contributed by atoms with Crippen LogP contribution in [0.2, 0.25) is 0 Å². The number of carbonyl (C=O) groups excluding carboxylic acids is 1. The average Bonchev–Trinajstić information content (AvgIpc) is 2.64. The molecule has 0 saturated carbocycles. The van der Waals surface area contributed by atoms with Gasteiger partial charge in [-0.05, 0) is 19.4 Å². The van der Waals surface area contributed by atoms with E-state index in [0.29, 0.717) is 5.69 Å². The normalized spacial score (nSPS) is 10.4. The van der Waals surface area contributed by atoms with Gasteiger partial charge in [0.1, 0.15) is 5.69 Å². The van der Waals surface area contributed by atoms with Crippen molar-refractivity contribution in [3.05, 3.63) is 53.1 Å². The SMILES string of the molecule is Cc1cc(C)cc(Cn2cnc(C=O)c2)c1. The van der Waals surface area contributed by atoms with Crippen LogP contribution in [0.15, 0.2) is 30.7 Å². The van der Waals surface area contributed by atoms with E-state index in [2.05, 4.69) is 37.0 Å². The maximum absolute atomic E-state index is 10.5. The molecule has 0 N–H and O–H groups in total. The largest absolute Gasteiger partial charge is 0.332 e. The van der Waals surface area contributed by atoms with E-state index < -0.39 is 0 Å². The summed E-state index contributed by atoms with van der Waals surface area (Å²) in [5, 5.41) is 0. The van der Waals surface area contributed by atoms with Gasteiger partial charge in [0.15, 0.2) is 6.29 Å². The molecule has 0 amide bonds. The lowest BCUT2D eigenvalue weighted by molar-refractivity contribution is 0.111. The monoisotopic (exact) mass is 214 g/mol. The Bertz CT molecular complexity index is 494. The standard InChI is InChI=1S/C13H14N2O/c1-10-3-11(2)5-12(4-10)6-15-7-13(8-16)14-9-15/h3-5,7-9H,6H2,1-2H3. The molecule has 0 aliphatic heterocycles. The van der Waals surface area contributed by atoms with Crippen molar-refractivity contribution in [2.45, 2.75) is 20.4 Å². The van der Waals surface area contributed by atoms with Crippen molar-refractivity contribution >= 4 is 6.29 Å². The van der Waals surface area contributed by atoms with E-state index in [1.165, 1.54) is 16.7 Å². The molecule has 82 valence electrons. The van der Waals surface area contributed by atoms with Crippen LogP contribution in [0.5, 0.6) is 0 Å². The second-order valence-electron chi connectivity index (χ2n) is 4.08. The highest BCUT2D eigenvalue weighted by Crippen LogP contribution is 2.10. The molecule has 0 aliphatic rings. The molecule has 16 heavy (non-hydrogen) atoms. The molecule has 0 radical (unpaired) electrons. The van der Waals surface area contributed by atoms with Gasteiger partial charge < -0.3 is 4.57 Å². The van der Waals surface area contributed by atoms with Crippen molar-refractivity contribution < 1.29 is 4.79 Å². The summed E-state index contributed by atoms with van der Waals surface area (Å²) < 4.78 is 1.91. The molecular weight excluding hydrogens is 200 g/mol. The van der Waals surface area contributed by atoms with Crippen LogP contribution in [0.25, 0.3) is 0 Å². The quantitative estimate of drug-likeness (QED) is 0.735. The Balaban J connectivity index is 2.22. The van der Waals surface area contributed by atoms with Crippen LogP contribution in [0.3, 0.4) is 0 Å². The summed E-state index contributed by atoms with van der Waals surface area (Å²) in [7, 11) is 0. The third-order valence-electron chi connectivity index (χ3n) is 2.42. The van der Waals surface area contributed by atoms with Crippen molar-refractivity contribution in [2.75, 3.05) is 0 Å². The first-order chi connectivity index (χ1) is 7.67. The van der Waals surface area contributed by atoms with E-state index in [1.54, 1.807) is 12.5 Å². The first-order valence-electron chi connectivity index (χ1n) is 5.21. The average molecular weight is 214 g/mol. The number of rotatable bonds is 3. The van der Waals surface area contributed by atoms with Gasteiger partial charge in [-0.2, -0.15) is 0 Å². The van der Waals surface area contributed by atoms with E-state index in [0.717, 1.165) is 12.8 Å². The van der Waals surface area contributed by atoms with E-state index in [9.17, 15) is 4.79 Å². The number of carbonyl (C=O) groups is 1. The predicted molar refractivity (Wildman–Crippen MR) is 62.6 cm³/mol. The number of benzene rings is 1. The molecule has 2 rings (SSSR count). The fourth-order valence-electron chi connectivity index (χ4n) is 1.90. The Hall–Kier alpha value is -1.90. The minimum atomic E-state index is 0.476. The third kappa shape index (κ3) is 2.37. The Morgan fingerprint density at radius 2 is 1.94 bits per heavy atom. The summed E-state index contributed by atoms with van der Waals surface area (Å²) >= 11 is 0. The van der Waals surface area contributed by atoms with Crippen LogP contribution >= 0.6 is 0 Å². The molecule has 0 unspecified atom stereocenters. The van der Waals surface area contributed by atoms with Crippen LogP contribution < -0.4 is 0 Å². The number of hydrogen-bond acceptors (Lipinski definition) is 2. The molecule has 3 heteroatoms. The van der Waals surface area contributed by atoms with Crippen molar-refractivity contribution in [3.8, 4) is 0 Å². The fraction of sp³-hybridized carbons (Fsp3) is 0.231. The first-order valence-corrected chi connectivity index (χ1v) is 5.21. The Kier molecular flexibility index (Phi) is 2.86. The highest BCUT2D eigenvalue weighted by Gasteiger charge is 2.00. The molecule has 3 nitrogen and oxygen atoms in total. The van der Waals surface area contributed by atoms with E-state index in [-0.39, 0.29) is 0 Å². The summed E-state index contributed by atoms with van der Waals surface area (Å²) in [6.45, 7) is 4.92. The number of hydrogen-bond donors (Lipinski definition) is 0. The van der Waals surface area contributed by atoms with Gasteiger partial charge in [-0.1, -0.05) is 29.3 Å². The summed E-state index contributed by atoms with van der Waals surface area (Å²) in [5.74, 6) is 0. The molecule has 0 fully saturated rings. The third-order valence-corrected chi connectivity index (χ3v) is 2.42. The Morgan fingerprint density at radius 1 is 1.25 bits per heavy atom. The Morgan fingerprint density at radius 3 is 2.50 bits per heavy atom. The highest BCUT2D eigenvalue weighted by molar-refractivity contribution is 5.70. The molecule has 2 aromatic rings. The summed E-state index contributed by atoms with van der Waals surface area (Å²) in [6, 6.07) is 6.44. The summed E-state index contributed by atoms with van der Waals surface area (Å²) in [5.41, 5.74) is 4.22. The van der Waals surface area contributed by atoms with Crippen LogP contribution in [0, 0.1) is 13.8 Å². The molecule has 0 atom stereocenters. The number of nitrogens with zero attached hydrogens (tertiary/aromatic N) is 2. The van der Waals surface area contributed by atoms with Gasteiger partial charge in [-0.25, -0.2) is 4.98 Å². The van der Waals surface area contributed by atoms with Gasteiger partial charge in [0.2, 0.25) is 0 Å². The van der Waals surface area contributed by atoms with Crippen molar-refractivity contribution in [1.82, 2.24) is 9.55 Å². The minimum Gasteiger partial charge on any atom is -0.332 e. The van der Waals surface area contributed by atoms with Crippen molar-refractivity contribution in [3.63, 3.8) is 0 Å². The summed E-state index contributed by atoms with van der Waals surface area (Å²) in [6.07, 6.45) is 4.20. The molecule has 1 aromatic heterocycles. The second kappa shape index (κ2) is 4.31. The molecule has 0 saturated heterocycles. The minimum absolute atomic E-state index is 0.476. The van der Waals surface area contributed by atoms with Gasteiger partial charge >= 0.3 is 0 Å². The fourth-order valence-corrected chi connectivity index (χ4v) is 1.90. The number of aldehydes is 1. The van der Waals surface area contributed by atoms with Crippen LogP contribution in [-0.4, -0.2) is 15.8 Å². The zero-order valence-corrected chi connectivity index (χ0v) is 9.47. The topological polar surface area (TPSA) is 34.9 Å². The molecule has 0 aliphatic carbocycles. The molecular formula is C13H14N2O. The van der Waals surface area contributed by atoms with Gasteiger partial charge in [0, 0.05) is 12.7 Å². The van der Waals surface area contributed by atoms with Crippen LogP contribution in [0.4, 0.5) is 0 Å². The summed E-state index contributed by atoms with van der Waals surface area (Å²) in [4.78, 5) is 14.5. The number of aromatic nitrogens is 2. The number of aryl methyl sites for hydroxylation is 2. The lowest BCUT2D eigenvalue weighted by Crippen LogP contribution is -1.97. The van der Waals surface area contributed by atoms with Crippen molar-refractivity contribution in [1.29, 1.82) is 0 Å². The van der Waals surface area contributed by atoms with Gasteiger partial charge in [0.05, 0.1) is 6.33 Å². The highest BCUT2D eigenvalue weighted by atomic mass is 16.1. The lowest BCUT2D eigenvalue weighted by Gasteiger charge is -2.05. The molecule has 0 spiro atoms. The number of imidazole rings is 1. The van der Waals surface area contributed by atoms with Gasteiger partial charge in [-0.15, -0.1) is 0 Å². The zero-order valence-electron chi connectivity index (χ0n) is 9.47. The van der Waals surface area contributed by atoms with E-state index >= 15 is 0 Å². The Labute approximate surface area is 94.7 Å².